The van der Waals surface area contributed by atoms with Crippen LogP contribution in [0.3, 0.4) is 0 Å². The summed E-state index contributed by atoms with van der Waals surface area (Å²) >= 11 is 0. The van der Waals surface area contributed by atoms with Crippen LogP contribution < -0.4 is 0 Å². The molecule has 0 amide bonds. The first-order chi connectivity index (χ1) is 4.24. The number of hydrogen-bond acceptors (Lipinski definition) is 1. The Hall–Kier alpha value is -0.460. The average molecular weight is 125 g/mol. The van der Waals surface area contributed by atoms with Crippen LogP contribution in [-0.4, -0.2) is 18.0 Å². The predicted molar refractivity (Wildman–Crippen MR) is 40.2 cm³/mol. The first-order valence-corrected chi connectivity index (χ1v) is 3.63. The van der Waals surface area contributed by atoms with Gasteiger partial charge in [0, 0.05) is 13.1 Å². The molecule has 1 heterocycles. The van der Waals surface area contributed by atoms with E-state index in [1.54, 1.807) is 0 Å². The minimum absolute atomic E-state index is 0.782. The van der Waals surface area contributed by atoms with Crippen LogP contribution in [0.25, 0.3) is 0 Å². The molecule has 1 unspecified atom stereocenters. The summed E-state index contributed by atoms with van der Waals surface area (Å²) in [6.45, 7) is 4.44. The topological polar surface area (TPSA) is 3.24 Å². The lowest BCUT2D eigenvalue weighted by molar-refractivity contribution is 0.348. The molecule has 0 fully saturated rings. The van der Waals surface area contributed by atoms with Gasteiger partial charge in [0.15, 0.2) is 0 Å². The van der Waals surface area contributed by atoms with E-state index < -0.39 is 0 Å². The summed E-state index contributed by atoms with van der Waals surface area (Å²) in [6, 6.07) is 0.782. The molecule has 0 saturated heterocycles. The summed E-state index contributed by atoms with van der Waals surface area (Å²) in [4.78, 5) is 2.31. The zero-order chi connectivity index (χ0) is 6.85. The van der Waals surface area contributed by atoms with Crippen LogP contribution in [0.15, 0.2) is 11.8 Å². The van der Waals surface area contributed by atoms with E-state index in [1.807, 2.05) is 0 Å². The Balaban J connectivity index is 2.49. The highest BCUT2D eigenvalue weighted by atomic mass is 15.1. The quantitative estimate of drug-likeness (QED) is 0.518. The molecule has 0 radical (unpaired) electrons. The molecule has 1 aliphatic rings. The van der Waals surface area contributed by atoms with Crippen LogP contribution in [-0.2, 0) is 0 Å². The maximum absolute atomic E-state index is 2.31. The Labute approximate surface area is 57.4 Å². The second-order valence-electron chi connectivity index (χ2n) is 2.91. The summed E-state index contributed by atoms with van der Waals surface area (Å²) in [5.74, 6) is 0. The van der Waals surface area contributed by atoms with E-state index in [0.717, 1.165) is 6.04 Å². The summed E-state index contributed by atoms with van der Waals surface area (Å²) < 4.78 is 0. The third-order valence-electron chi connectivity index (χ3n) is 2.03. The highest BCUT2D eigenvalue weighted by molar-refractivity contribution is 5.07. The zero-order valence-electron chi connectivity index (χ0n) is 6.52. The smallest absolute Gasteiger partial charge is 0.0316 e. The molecular weight excluding hydrogens is 110 g/mol. The van der Waals surface area contributed by atoms with Crippen LogP contribution in [0.4, 0.5) is 0 Å². The van der Waals surface area contributed by atoms with Crippen molar-refractivity contribution in [2.75, 3.05) is 7.05 Å². The Kier molecular flexibility index (Phi) is 1.79. The molecule has 1 atom stereocenters. The van der Waals surface area contributed by atoms with Gasteiger partial charge in [-0.2, -0.15) is 0 Å². The van der Waals surface area contributed by atoms with Crippen LogP contribution >= 0.6 is 0 Å². The molecule has 1 rings (SSSR count). The fraction of sp³-hybridized carbons (Fsp3) is 0.750. The Morgan fingerprint density at radius 3 is 2.67 bits per heavy atom. The van der Waals surface area contributed by atoms with Crippen molar-refractivity contribution in [3.63, 3.8) is 0 Å². The molecular formula is C8H15N. The van der Waals surface area contributed by atoms with Gasteiger partial charge >= 0.3 is 0 Å². The first-order valence-electron chi connectivity index (χ1n) is 3.63. The van der Waals surface area contributed by atoms with Gasteiger partial charge in [-0.05, 0) is 26.0 Å². The normalized spacial score (nSPS) is 26.8. The maximum Gasteiger partial charge on any atom is 0.0316 e. The fourth-order valence-electron chi connectivity index (χ4n) is 1.45. The van der Waals surface area contributed by atoms with Crippen molar-refractivity contribution in [1.82, 2.24) is 4.90 Å². The van der Waals surface area contributed by atoms with Crippen molar-refractivity contribution in [3.8, 4) is 0 Å². The third kappa shape index (κ3) is 1.26. The van der Waals surface area contributed by atoms with Gasteiger partial charge in [-0.15, -0.1) is 0 Å². The number of hydrogen-bond donors (Lipinski definition) is 0. The van der Waals surface area contributed by atoms with Crippen molar-refractivity contribution in [2.24, 2.45) is 0 Å². The fourth-order valence-corrected chi connectivity index (χ4v) is 1.45. The second kappa shape index (κ2) is 2.42. The number of nitrogens with zero attached hydrogens (tertiary/aromatic N) is 1. The summed E-state index contributed by atoms with van der Waals surface area (Å²) in [7, 11) is 2.16. The van der Waals surface area contributed by atoms with E-state index in [0.29, 0.717) is 0 Å². The monoisotopic (exact) mass is 125 g/mol. The maximum atomic E-state index is 2.31. The van der Waals surface area contributed by atoms with E-state index in [4.69, 9.17) is 0 Å². The molecule has 1 heteroatoms. The van der Waals surface area contributed by atoms with E-state index in [9.17, 15) is 0 Å². The molecule has 0 saturated carbocycles. The van der Waals surface area contributed by atoms with E-state index >= 15 is 0 Å². The Bertz CT molecular complexity index is 127. The Morgan fingerprint density at radius 1 is 1.78 bits per heavy atom. The van der Waals surface area contributed by atoms with Gasteiger partial charge < -0.3 is 4.90 Å². The molecule has 0 aliphatic carbocycles. The molecule has 0 aromatic rings. The van der Waals surface area contributed by atoms with Crippen molar-refractivity contribution >= 4 is 0 Å². The van der Waals surface area contributed by atoms with Gasteiger partial charge in [0.1, 0.15) is 0 Å². The zero-order valence-corrected chi connectivity index (χ0v) is 6.52. The van der Waals surface area contributed by atoms with Crippen LogP contribution in [0.2, 0.25) is 0 Å². The van der Waals surface area contributed by atoms with E-state index in [1.165, 1.54) is 18.4 Å². The van der Waals surface area contributed by atoms with Gasteiger partial charge in [0.05, 0.1) is 0 Å². The molecule has 52 valence electrons. The van der Waals surface area contributed by atoms with Gasteiger partial charge in [0.25, 0.3) is 0 Å². The highest BCUT2D eigenvalue weighted by Crippen LogP contribution is 2.20. The van der Waals surface area contributed by atoms with E-state index in [2.05, 4.69) is 32.0 Å². The molecule has 1 nitrogen and oxygen atoms in total. The van der Waals surface area contributed by atoms with Crippen molar-refractivity contribution in [1.29, 1.82) is 0 Å². The third-order valence-corrected chi connectivity index (χ3v) is 2.03. The van der Waals surface area contributed by atoms with Crippen molar-refractivity contribution in [3.05, 3.63) is 11.8 Å². The lowest BCUT2D eigenvalue weighted by Gasteiger charge is -2.17. The summed E-state index contributed by atoms with van der Waals surface area (Å²) in [6.07, 6.45) is 4.78. The standard InChI is InChI=1S/C8H15N/c1-4-8-5-7(2)6-9(8)3/h6,8H,4-5H2,1-3H3. The van der Waals surface area contributed by atoms with Gasteiger partial charge in [0.2, 0.25) is 0 Å². The van der Waals surface area contributed by atoms with Gasteiger partial charge in [-0.3, -0.25) is 0 Å². The van der Waals surface area contributed by atoms with E-state index in [-0.39, 0.29) is 0 Å². The van der Waals surface area contributed by atoms with Gasteiger partial charge in [-0.1, -0.05) is 12.5 Å². The minimum atomic E-state index is 0.782. The van der Waals surface area contributed by atoms with Gasteiger partial charge in [-0.25, -0.2) is 0 Å². The summed E-state index contributed by atoms with van der Waals surface area (Å²) in [5, 5.41) is 0. The molecule has 0 spiro atoms. The Morgan fingerprint density at radius 2 is 2.44 bits per heavy atom. The molecule has 0 aromatic carbocycles. The average Bonchev–Trinajstić information content (AvgIpc) is 2.10. The molecule has 9 heavy (non-hydrogen) atoms. The second-order valence-corrected chi connectivity index (χ2v) is 2.91. The molecule has 0 bridgehead atoms. The van der Waals surface area contributed by atoms with Crippen molar-refractivity contribution in [2.45, 2.75) is 32.7 Å². The lowest BCUT2D eigenvalue weighted by Crippen LogP contribution is -2.20. The summed E-state index contributed by atoms with van der Waals surface area (Å²) in [5.41, 5.74) is 1.52. The highest BCUT2D eigenvalue weighted by Gasteiger charge is 2.15. The largest absolute Gasteiger partial charge is 0.377 e. The van der Waals surface area contributed by atoms with Crippen molar-refractivity contribution < 1.29 is 0 Å². The molecule has 0 N–H and O–H groups in total. The number of rotatable bonds is 1. The molecule has 0 aromatic heterocycles. The SMILES string of the molecule is CCC1CC(C)=CN1C. The van der Waals surface area contributed by atoms with Crippen LogP contribution in [0.5, 0.6) is 0 Å². The molecule has 1 aliphatic heterocycles. The minimum Gasteiger partial charge on any atom is -0.377 e. The lowest BCUT2D eigenvalue weighted by atomic mass is 10.1. The van der Waals surface area contributed by atoms with Crippen LogP contribution in [0, 0.1) is 0 Å². The first kappa shape index (κ1) is 6.66. The predicted octanol–water partition coefficient (Wildman–Crippen LogP) is 2.00. The van der Waals surface area contributed by atoms with Crippen LogP contribution in [0.1, 0.15) is 26.7 Å².